The highest BCUT2D eigenvalue weighted by atomic mass is 16.5. The van der Waals surface area contributed by atoms with Crippen LogP contribution in [0.2, 0.25) is 0 Å². The third-order valence-corrected chi connectivity index (χ3v) is 3.56. The van der Waals surface area contributed by atoms with Gasteiger partial charge in [0.25, 0.3) is 0 Å². The van der Waals surface area contributed by atoms with Gasteiger partial charge in [0.2, 0.25) is 0 Å². The largest absolute Gasteiger partial charge is 0.496 e. The summed E-state index contributed by atoms with van der Waals surface area (Å²) in [5, 5.41) is 7.70. The third-order valence-electron chi connectivity index (χ3n) is 3.56. The van der Waals surface area contributed by atoms with Gasteiger partial charge in [-0.25, -0.2) is 0 Å². The van der Waals surface area contributed by atoms with Crippen LogP contribution in [0.1, 0.15) is 29.7 Å². The van der Waals surface area contributed by atoms with Gasteiger partial charge in [-0.1, -0.05) is 12.1 Å². The molecule has 0 amide bonds. The van der Waals surface area contributed by atoms with Gasteiger partial charge in [0.05, 0.1) is 13.3 Å². The van der Waals surface area contributed by atoms with Gasteiger partial charge in [0.1, 0.15) is 5.75 Å². The molecule has 0 spiro atoms. The Balaban J connectivity index is 2.23. The van der Waals surface area contributed by atoms with Crippen LogP contribution in [0, 0.1) is 6.92 Å². The van der Waals surface area contributed by atoms with Crippen molar-refractivity contribution < 1.29 is 4.74 Å². The fourth-order valence-electron chi connectivity index (χ4n) is 2.39. The van der Waals surface area contributed by atoms with Crippen molar-refractivity contribution in [2.24, 2.45) is 0 Å². The van der Waals surface area contributed by atoms with Crippen molar-refractivity contribution in [3.05, 3.63) is 47.3 Å². The molecule has 4 nitrogen and oxygen atoms in total. The molecule has 1 heterocycles. The number of nitrogens with one attached hydrogen (secondary N) is 1. The molecule has 0 aliphatic heterocycles. The molecule has 0 bridgehead atoms. The van der Waals surface area contributed by atoms with E-state index in [1.807, 2.05) is 17.9 Å². The van der Waals surface area contributed by atoms with Gasteiger partial charge >= 0.3 is 0 Å². The Morgan fingerprint density at radius 2 is 2.20 bits per heavy atom. The number of rotatable bonds is 6. The van der Waals surface area contributed by atoms with Crippen LogP contribution in [-0.4, -0.2) is 23.9 Å². The zero-order valence-corrected chi connectivity index (χ0v) is 12.7. The summed E-state index contributed by atoms with van der Waals surface area (Å²) in [6, 6.07) is 6.56. The van der Waals surface area contributed by atoms with Gasteiger partial charge in [0, 0.05) is 24.3 Å². The Kier molecular flexibility index (Phi) is 4.79. The average molecular weight is 273 g/mol. The lowest BCUT2D eigenvalue weighted by molar-refractivity contribution is 0.401. The lowest BCUT2D eigenvalue weighted by Gasteiger charge is -2.19. The van der Waals surface area contributed by atoms with Crippen molar-refractivity contribution in [3.8, 4) is 5.75 Å². The van der Waals surface area contributed by atoms with Crippen LogP contribution in [0.3, 0.4) is 0 Å². The number of aryl methyl sites for hydroxylation is 2. The van der Waals surface area contributed by atoms with E-state index < -0.39 is 0 Å². The number of hydrogen-bond donors (Lipinski definition) is 1. The van der Waals surface area contributed by atoms with E-state index in [0.717, 1.165) is 18.7 Å². The van der Waals surface area contributed by atoms with Crippen LogP contribution in [0.15, 0.2) is 30.6 Å². The van der Waals surface area contributed by atoms with E-state index in [1.165, 1.54) is 16.7 Å². The first-order chi connectivity index (χ1) is 9.67. The quantitative estimate of drug-likeness (QED) is 0.879. The Morgan fingerprint density at radius 3 is 2.80 bits per heavy atom. The van der Waals surface area contributed by atoms with Crippen molar-refractivity contribution in [2.45, 2.75) is 32.9 Å². The molecule has 0 aliphatic rings. The van der Waals surface area contributed by atoms with Gasteiger partial charge in [-0.2, -0.15) is 5.10 Å². The second-order valence-electron chi connectivity index (χ2n) is 5.00. The highest BCUT2D eigenvalue weighted by Crippen LogP contribution is 2.28. The summed E-state index contributed by atoms with van der Waals surface area (Å²) in [4.78, 5) is 0. The molecule has 4 heteroatoms. The van der Waals surface area contributed by atoms with Crippen LogP contribution >= 0.6 is 0 Å². The summed E-state index contributed by atoms with van der Waals surface area (Å²) in [5.74, 6) is 0.937. The zero-order valence-electron chi connectivity index (χ0n) is 12.7. The number of aromatic nitrogens is 2. The van der Waals surface area contributed by atoms with Crippen molar-refractivity contribution in [1.82, 2.24) is 15.1 Å². The van der Waals surface area contributed by atoms with Crippen molar-refractivity contribution in [2.75, 3.05) is 14.2 Å². The number of ether oxygens (including phenoxy) is 1. The average Bonchev–Trinajstić information content (AvgIpc) is 2.92. The van der Waals surface area contributed by atoms with E-state index >= 15 is 0 Å². The molecule has 0 saturated carbocycles. The minimum atomic E-state index is 0.222. The van der Waals surface area contributed by atoms with Crippen molar-refractivity contribution >= 4 is 0 Å². The number of likely N-dealkylation sites (N-methyl/N-ethyl adjacent to an activating group) is 1. The summed E-state index contributed by atoms with van der Waals surface area (Å²) >= 11 is 0. The standard InChI is InChI=1S/C16H23N3O/c1-5-19-11-13(10-18-19)9-15(17-3)14-7-6-12(2)8-16(14)20-4/h6-8,10-11,15,17H,5,9H2,1-4H3. The van der Waals surface area contributed by atoms with E-state index in [2.05, 4.69) is 48.7 Å². The highest BCUT2D eigenvalue weighted by molar-refractivity contribution is 5.40. The third kappa shape index (κ3) is 3.20. The van der Waals surface area contributed by atoms with Crippen LogP contribution in [0.5, 0.6) is 5.75 Å². The van der Waals surface area contributed by atoms with Crippen LogP contribution in [-0.2, 0) is 13.0 Å². The fraction of sp³-hybridized carbons (Fsp3) is 0.438. The van der Waals surface area contributed by atoms with E-state index in [9.17, 15) is 0 Å². The van der Waals surface area contributed by atoms with Gasteiger partial charge in [-0.3, -0.25) is 4.68 Å². The Hall–Kier alpha value is -1.81. The predicted molar refractivity (Wildman–Crippen MR) is 81.1 cm³/mol. The first-order valence-electron chi connectivity index (χ1n) is 7.01. The summed E-state index contributed by atoms with van der Waals surface area (Å²) in [6.07, 6.45) is 4.94. The van der Waals surface area contributed by atoms with Gasteiger partial charge < -0.3 is 10.1 Å². The van der Waals surface area contributed by atoms with Crippen LogP contribution in [0.4, 0.5) is 0 Å². The lowest BCUT2D eigenvalue weighted by Crippen LogP contribution is -2.19. The van der Waals surface area contributed by atoms with Gasteiger partial charge in [-0.05, 0) is 44.5 Å². The molecule has 0 fully saturated rings. The second-order valence-corrected chi connectivity index (χ2v) is 5.00. The fourth-order valence-corrected chi connectivity index (χ4v) is 2.39. The number of hydrogen-bond acceptors (Lipinski definition) is 3. The normalized spacial score (nSPS) is 12.4. The molecule has 0 aliphatic carbocycles. The molecule has 1 aromatic heterocycles. The van der Waals surface area contributed by atoms with Crippen molar-refractivity contribution in [1.29, 1.82) is 0 Å². The SMILES string of the molecule is CCn1cc(CC(NC)c2ccc(C)cc2OC)cn1. The smallest absolute Gasteiger partial charge is 0.123 e. The van der Waals surface area contributed by atoms with E-state index in [1.54, 1.807) is 7.11 Å². The van der Waals surface area contributed by atoms with Gasteiger partial charge in [-0.15, -0.1) is 0 Å². The van der Waals surface area contributed by atoms with E-state index in [0.29, 0.717) is 0 Å². The first-order valence-corrected chi connectivity index (χ1v) is 7.01. The summed E-state index contributed by atoms with van der Waals surface area (Å²) in [5.41, 5.74) is 3.62. The molecule has 108 valence electrons. The summed E-state index contributed by atoms with van der Waals surface area (Å²) in [6.45, 7) is 5.07. The minimum absolute atomic E-state index is 0.222. The maximum Gasteiger partial charge on any atom is 0.123 e. The molecule has 0 saturated heterocycles. The van der Waals surface area contributed by atoms with Crippen LogP contribution in [0.25, 0.3) is 0 Å². The molecule has 2 aromatic rings. The zero-order chi connectivity index (χ0) is 14.5. The number of methoxy groups -OCH3 is 1. The van der Waals surface area contributed by atoms with Crippen molar-refractivity contribution in [3.63, 3.8) is 0 Å². The molecule has 1 aromatic carbocycles. The van der Waals surface area contributed by atoms with E-state index in [-0.39, 0.29) is 6.04 Å². The number of nitrogens with zero attached hydrogens (tertiary/aromatic N) is 2. The Labute approximate surface area is 120 Å². The molecule has 2 rings (SSSR count). The lowest BCUT2D eigenvalue weighted by atomic mass is 9.98. The Morgan fingerprint density at radius 1 is 1.40 bits per heavy atom. The second kappa shape index (κ2) is 6.57. The topological polar surface area (TPSA) is 39.1 Å². The molecule has 1 unspecified atom stereocenters. The molecular weight excluding hydrogens is 250 g/mol. The predicted octanol–water partition coefficient (Wildman–Crippen LogP) is 2.72. The van der Waals surface area contributed by atoms with E-state index in [4.69, 9.17) is 4.74 Å². The monoisotopic (exact) mass is 273 g/mol. The first kappa shape index (κ1) is 14.6. The summed E-state index contributed by atoms with van der Waals surface area (Å²) < 4.78 is 7.47. The molecular formula is C16H23N3O. The highest BCUT2D eigenvalue weighted by Gasteiger charge is 2.16. The summed E-state index contributed by atoms with van der Waals surface area (Å²) in [7, 11) is 3.70. The molecule has 20 heavy (non-hydrogen) atoms. The minimum Gasteiger partial charge on any atom is -0.496 e. The van der Waals surface area contributed by atoms with Gasteiger partial charge in [0.15, 0.2) is 0 Å². The molecule has 1 atom stereocenters. The van der Waals surface area contributed by atoms with Crippen LogP contribution < -0.4 is 10.1 Å². The maximum atomic E-state index is 5.51. The number of benzene rings is 1. The maximum absolute atomic E-state index is 5.51. The molecule has 1 N–H and O–H groups in total. The molecule has 0 radical (unpaired) electrons. The Bertz CT molecular complexity index is 563.